The molecule has 2 fully saturated rings. The molecule has 3 rings (SSSR count). The summed E-state index contributed by atoms with van der Waals surface area (Å²) in [6.07, 6.45) is 8.41. The largest absolute Gasteiger partial charge is 0.462 e. The molecule has 2 aliphatic heterocycles. The molecule has 0 aromatic heterocycles. The lowest BCUT2D eigenvalue weighted by Gasteiger charge is -2.36. The first-order valence-electron chi connectivity index (χ1n) is 14.1. The van der Waals surface area contributed by atoms with Crippen molar-refractivity contribution in [3.05, 3.63) is 30.1 Å². The van der Waals surface area contributed by atoms with Crippen LogP contribution in [-0.2, 0) is 19.1 Å². The van der Waals surface area contributed by atoms with Crippen molar-refractivity contribution in [1.82, 2.24) is 4.90 Å². The molecule has 7 heteroatoms. The van der Waals surface area contributed by atoms with Gasteiger partial charge in [0.1, 0.15) is 17.5 Å². The molecule has 2 aliphatic rings. The number of carbonyl (C=O) groups excluding carboxylic acids is 2. The Morgan fingerprint density at radius 3 is 2.22 bits per heavy atom. The quantitative estimate of drug-likeness (QED) is 0.264. The van der Waals surface area contributed by atoms with Gasteiger partial charge >= 0.3 is 11.9 Å². The molecular formula is C30H49FN2O4. The standard InChI is InChI=1S/C24H37FN2O2.C6H12O2/c1-3-5-6-13-24(12-4-2)19-22(29-23(24)28)11-14-26-15-17-27(18-16-26)21-9-7-20(25)8-10-21;1-5(7)8-6(2,3)4/h7-10,22H,3-6,11-19H2,1-2H3;1-4H3. The average molecular weight is 521 g/mol. The Balaban J connectivity index is 0.000000521. The zero-order chi connectivity index (χ0) is 27.5. The van der Waals surface area contributed by atoms with Gasteiger partial charge in [0.15, 0.2) is 0 Å². The third-order valence-electron chi connectivity index (χ3n) is 7.09. The van der Waals surface area contributed by atoms with Gasteiger partial charge in [0.25, 0.3) is 0 Å². The van der Waals surface area contributed by atoms with Crippen molar-refractivity contribution in [2.75, 3.05) is 37.6 Å². The number of unbranched alkanes of at least 4 members (excludes halogenated alkanes) is 2. The Morgan fingerprint density at radius 1 is 1.05 bits per heavy atom. The summed E-state index contributed by atoms with van der Waals surface area (Å²) in [4.78, 5) is 27.7. The molecule has 0 amide bonds. The van der Waals surface area contributed by atoms with Crippen molar-refractivity contribution >= 4 is 17.6 Å². The number of anilines is 1. The van der Waals surface area contributed by atoms with Gasteiger partial charge in [-0.15, -0.1) is 0 Å². The summed E-state index contributed by atoms with van der Waals surface area (Å²) >= 11 is 0. The summed E-state index contributed by atoms with van der Waals surface area (Å²) in [5, 5.41) is 0. The normalized spacial score (nSPS) is 22.3. The van der Waals surface area contributed by atoms with Crippen molar-refractivity contribution in [3.8, 4) is 0 Å². The fourth-order valence-corrected chi connectivity index (χ4v) is 5.36. The van der Waals surface area contributed by atoms with Crippen LogP contribution in [0.1, 0.15) is 92.9 Å². The van der Waals surface area contributed by atoms with Crippen LogP contribution in [0.5, 0.6) is 0 Å². The highest BCUT2D eigenvalue weighted by atomic mass is 19.1. The van der Waals surface area contributed by atoms with Crippen molar-refractivity contribution in [2.45, 2.75) is 105 Å². The second kappa shape index (κ2) is 14.7. The Morgan fingerprint density at radius 2 is 1.70 bits per heavy atom. The van der Waals surface area contributed by atoms with Gasteiger partial charge < -0.3 is 14.4 Å². The molecule has 2 unspecified atom stereocenters. The number of hydrogen-bond donors (Lipinski definition) is 0. The maximum Gasteiger partial charge on any atom is 0.312 e. The maximum absolute atomic E-state index is 13.1. The number of benzene rings is 1. The van der Waals surface area contributed by atoms with Crippen LogP contribution < -0.4 is 4.90 Å². The van der Waals surface area contributed by atoms with Crippen LogP contribution in [0.4, 0.5) is 10.1 Å². The van der Waals surface area contributed by atoms with E-state index in [0.717, 1.165) is 76.9 Å². The van der Waals surface area contributed by atoms with Crippen molar-refractivity contribution < 1.29 is 23.5 Å². The van der Waals surface area contributed by atoms with Gasteiger partial charge in [-0.1, -0.05) is 39.5 Å². The average Bonchev–Trinajstić information content (AvgIpc) is 3.13. The monoisotopic (exact) mass is 520 g/mol. The van der Waals surface area contributed by atoms with Crippen molar-refractivity contribution in [2.24, 2.45) is 5.41 Å². The number of piperazine rings is 1. The molecule has 6 nitrogen and oxygen atoms in total. The summed E-state index contributed by atoms with van der Waals surface area (Å²) in [6, 6.07) is 6.77. The number of cyclic esters (lactones) is 1. The fraction of sp³-hybridized carbons (Fsp3) is 0.733. The molecule has 0 radical (unpaired) electrons. The zero-order valence-corrected chi connectivity index (χ0v) is 24.0. The smallest absolute Gasteiger partial charge is 0.312 e. The first-order valence-corrected chi connectivity index (χ1v) is 14.1. The molecule has 0 N–H and O–H groups in total. The molecule has 210 valence electrons. The number of ether oxygens (including phenoxy) is 2. The van der Waals surface area contributed by atoms with Crippen LogP contribution in [0.15, 0.2) is 24.3 Å². The van der Waals surface area contributed by atoms with Gasteiger partial charge in [0.05, 0.1) is 5.41 Å². The van der Waals surface area contributed by atoms with Gasteiger partial charge in [-0.3, -0.25) is 14.5 Å². The molecule has 0 aliphatic carbocycles. The molecule has 0 spiro atoms. The summed E-state index contributed by atoms with van der Waals surface area (Å²) in [5.41, 5.74) is 0.536. The second-order valence-corrected chi connectivity index (χ2v) is 11.5. The van der Waals surface area contributed by atoms with Crippen LogP contribution in [0.25, 0.3) is 0 Å². The lowest BCUT2D eigenvalue weighted by atomic mass is 9.76. The number of halogens is 1. The van der Waals surface area contributed by atoms with Gasteiger partial charge in [-0.2, -0.15) is 0 Å². The number of hydrogen-bond acceptors (Lipinski definition) is 6. The van der Waals surface area contributed by atoms with E-state index in [0.29, 0.717) is 0 Å². The van der Waals surface area contributed by atoms with E-state index in [2.05, 4.69) is 23.6 Å². The van der Waals surface area contributed by atoms with E-state index < -0.39 is 0 Å². The molecule has 37 heavy (non-hydrogen) atoms. The van der Waals surface area contributed by atoms with Crippen LogP contribution in [-0.4, -0.2) is 61.3 Å². The van der Waals surface area contributed by atoms with E-state index in [1.165, 1.54) is 31.9 Å². The SMILES string of the molecule is CC(=O)OC(C)(C)C.CCCCCC1(CCC)CC(CCN2CCN(c3ccc(F)cc3)CC2)OC1=O. The second-order valence-electron chi connectivity index (χ2n) is 11.5. The molecule has 2 atom stereocenters. The predicted molar refractivity (Wildman–Crippen MR) is 147 cm³/mol. The Hall–Kier alpha value is -2.15. The lowest BCUT2D eigenvalue weighted by molar-refractivity contribution is -0.152. The minimum absolute atomic E-state index is 0.0570. The van der Waals surface area contributed by atoms with E-state index in [1.807, 2.05) is 32.9 Å². The van der Waals surface area contributed by atoms with E-state index in [4.69, 9.17) is 9.47 Å². The Bertz CT molecular complexity index is 831. The highest BCUT2D eigenvalue weighted by Gasteiger charge is 2.47. The highest BCUT2D eigenvalue weighted by Crippen LogP contribution is 2.43. The van der Waals surface area contributed by atoms with Crippen LogP contribution in [0, 0.1) is 11.2 Å². The molecule has 2 saturated heterocycles. The minimum Gasteiger partial charge on any atom is -0.462 e. The number of carbonyl (C=O) groups is 2. The van der Waals surface area contributed by atoms with Gasteiger partial charge in [-0.05, 0) is 64.3 Å². The topological polar surface area (TPSA) is 59.1 Å². The molecule has 1 aromatic carbocycles. The predicted octanol–water partition coefficient (Wildman–Crippen LogP) is 6.37. The van der Waals surface area contributed by atoms with Gasteiger partial charge in [0.2, 0.25) is 0 Å². The first-order chi connectivity index (χ1) is 17.5. The maximum atomic E-state index is 13.1. The third-order valence-corrected chi connectivity index (χ3v) is 7.09. The van der Waals surface area contributed by atoms with Crippen molar-refractivity contribution in [3.63, 3.8) is 0 Å². The molecule has 2 heterocycles. The highest BCUT2D eigenvalue weighted by molar-refractivity contribution is 5.79. The van der Waals surface area contributed by atoms with E-state index in [-0.39, 0.29) is 34.9 Å². The number of esters is 2. The van der Waals surface area contributed by atoms with Crippen molar-refractivity contribution in [1.29, 1.82) is 0 Å². The zero-order valence-electron chi connectivity index (χ0n) is 24.0. The van der Waals surface area contributed by atoms with Crippen LogP contribution in [0.2, 0.25) is 0 Å². The van der Waals surface area contributed by atoms with E-state index in [1.54, 1.807) is 0 Å². The van der Waals surface area contributed by atoms with E-state index >= 15 is 0 Å². The molecule has 1 aromatic rings. The summed E-state index contributed by atoms with van der Waals surface area (Å²) in [5.74, 6) is -0.355. The molecular weight excluding hydrogens is 471 g/mol. The summed E-state index contributed by atoms with van der Waals surface area (Å²) in [7, 11) is 0. The lowest BCUT2D eigenvalue weighted by Crippen LogP contribution is -2.47. The third kappa shape index (κ3) is 10.6. The summed E-state index contributed by atoms with van der Waals surface area (Å²) < 4.78 is 23.8. The first kappa shape index (κ1) is 31.1. The van der Waals surface area contributed by atoms with E-state index in [9.17, 15) is 14.0 Å². The van der Waals surface area contributed by atoms with Gasteiger partial charge in [0, 0.05) is 51.8 Å². The van der Waals surface area contributed by atoms with Crippen LogP contribution >= 0.6 is 0 Å². The number of rotatable bonds is 10. The van der Waals surface area contributed by atoms with Crippen LogP contribution in [0.3, 0.4) is 0 Å². The summed E-state index contributed by atoms with van der Waals surface area (Å²) in [6.45, 7) is 16.2. The van der Waals surface area contributed by atoms with Gasteiger partial charge in [-0.25, -0.2) is 4.39 Å². The minimum atomic E-state index is -0.328. The molecule has 0 saturated carbocycles. The Kier molecular flexibility index (Phi) is 12.3. The fourth-order valence-electron chi connectivity index (χ4n) is 5.36. The Labute approximate surface area is 223 Å². The molecule has 0 bridgehead atoms. The number of nitrogens with zero attached hydrogens (tertiary/aromatic N) is 2.